The Morgan fingerprint density at radius 1 is 1.00 bits per heavy atom. The summed E-state index contributed by atoms with van der Waals surface area (Å²) in [7, 11) is 2.14. The Balaban J connectivity index is 0.000000487. The number of hydrogen-bond donors (Lipinski definition) is 3. The van der Waals surface area contributed by atoms with Gasteiger partial charge in [-0.15, -0.1) is 0 Å². The molecule has 1 aromatic rings. The average Bonchev–Trinajstić information content (AvgIpc) is 2.58. The van der Waals surface area contributed by atoms with Gasteiger partial charge in [0.15, 0.2) is 0 Å². The van der Waals surface area contributed by atoms with Crippen molar-refractivity contribution in [3.8, 4) is 0 Å². The van der Waals surface area contributed by atoms with Gasteiger partial charge in [0.1, 0.15) is 0 Å². The standard InChI is InChI=1S/C16H25N3O.C2H2O4/c1-13-4-5-15(12-14(13)2)17-16(20)6-7-19-10-8-18(3)9-11-19;3-1(4)2(5)6/h4-5,12H,6-11H2,1-3H3,(H,17,20);(H,3,4)(H,5,6). The number of nitrogens with zero attached hydrogens (tertiary/aromatic N) is 2. The van der Waals surface area contributed by atoms with Gasteiger partial charge in [0, 0.05) is 44.8 Å². The number of aryl methyl sites for hydroxylation is 2. The van der Waals surface area contributed by atoms with Crippen LogP contribution in [0.4, 0.5) is 5.69 Å². The molecule has 0 unspecified atom stereocenters. The molecule has 1 aliphatic heterocycles. The Kier molecular flexibility index (Phi) is 8.74. The second kappa shape index (κ2) is 10.5. The highest BCUT2D eigenvalue weighted by atomic mass is 16.4. The van der Waals surface area contributed by atoms with Crippen LogP contribution in [0, 0.1) is 13.8 Å². The van der Waals surface area contributed by atoms with E-state index in [-0.39, 0.29) is 5.91 Å². The minimum atomic E-state index is -1.82. The predicted octanol–water partition coefficient (Wildman–Crippen LogP) is 1.04. The Morgan fingerprint density at radius 3 is 2.08 bits per heavy atom. The Morgan fingerprint density at radius 2 is 1.58 bits per heavy atom. The molecular formula is C18H27N3O5. The van der Waals surface area contributed by atoms with Gasteiger partial charge in [-0.05, 0) is 44.2 Å². The number of carbonyl (C=O) groups excluding carboxylic acids is 1. The van der Waals surface area contributed by atoms with E-state index >= 15 is 0 Å². The van der Waals surface area contributed by atoms with Gasteiger partial charge in [0.2, 0.25) is 5.91 Å². The first-order valence-corrected chi connectivity index (χ1v) is 8.43. The zero-order valence-corrected chi connectivity index (χ0v) is 15.5. The van der Waals surface area contributed by atoms with Crippen molar-refractivity contribution < 1.29 is 24.6 Å². The van der Waals surface area contributed by atoms with E-state index in [4.69, 9.17) is 19.8 Å². The Bertz CT molecular complexity index is 628. The van der Waals surface area contributed by atoms with Crippen molar-refractivity contribution in [1.82, 2.24) is 9.80 Å². The number of nitrogens with one attached hydrogen (secondary N) is 1. The molecule has 0 atom stereocenters. The minimum absolute atomic E-state index is 0.104. The quantitative estimate of drug-likeness (QED) is 0.684. The van der Waals surface area contributed by atoms with E-state index < -0.39 is 11.9 Å². The third-order valence-corrected chi connectivity index (χ3v) is 4.22. The number of carbonyl (C=O) groups is 3. The fraction of sp³-hybridized carbons (Fsp3) is 0.500. The summed E-state index contributed by atoms with van der Waals surface area (Å²) in [5, 5.41) is 17.8. The largest absolute Gasteiger partial charge is 0.473 e. The van der Waals surface area contributed by atoms with E-state index in [1.165, 1.54) is 11.1 Å². The summed E-state index contributed by atoms with van der Waals surface area (Å²) in [5.41, 5.74) is 3.36. The van der Waals surface area contributed by atoms with Crippen LogP contribution in [0.15, 0.2) is 18.2 Å². The molecule has 8 heteroatoms. The molecule has 1 amide bonds. The highest BCUT2D eigenvalue weighted by Gasteiger charge is 2.14. The summed E-state index contributed by atoms with van der Waals surface area (Å²) in [6.07, 6.45) is 0.566. The SMILES string of the molecule is Cc1ccc(NC(=O)CCN2CCN(C)CC2)cc1C.O=C(O)C(=O)O. The lowest BCUT2D eigenvalue weighted by Crippen LogP contribution is -2.45. The average molecular weight is 365 g/mol. The lowest BCUT2D eigenvalue weighted by atomic mass is 10.1. The predicted molar refractivity (Wildman–Crippen MR) is 98.4 cm³/mol. The normalized spacial score (nSPS) is 14.9. The van der Waals surface area contributed by atoms with E-state index in [0.717, 1.165) is 38.4 Å². The summed E-state index contributed by atoms with van der Waals surface area (Å²) in [6, 6.07) is 6.05. The number of carboxylic acids is 2. The van der Waals surface area contributed by atoms with Crippen molar-refractivity contribution in [1.29, 1.82) is 0 Å². The molecule has 0 radical (unpaired) electrons. The van der Waals surface area contributed by atoms with Gasteiger partial charge in [-0.25, -0.2) is 9.59 Å². The number of piperazine rings is 1. The van der Waals surface area contributed by atoms with Crippen LogP contribution in [-0.2, 0) is 14.4 Å². The van der Waals surface area contributed by atoms with Crippen molar-refractivity contribution in [2.75, 3.05) is 45.1 Å². The number of likely N-dealkylation sites (N-methyl/N-ethyl adjacent to an activating group) is 1. The third-order valence-electron chi connectivity index (χ3n) is 4.22. The van der Waals surface area contributed by atoms with Crippen LogP contribution >= 0.6 is 0 Å². The molecule has 8 nitrogen and oxygen atoms in total. The van der Waals surface area contributed by atoms with E-state index in [0.29, 0.717) is 6.42 Å². The first-order valence-electron chi connectivity index (χ1n) is 8.43. The van der Waals surface area contributed by atoms with Crippen LogP contribution < -0.4 is 5.32 Å². The van der Waals surface area contributed by atoms with Gasteiger partial charge in [-0.3, -0.25) is 4.79 Å². The molecule has 26 heavy (non-hydrogen) atoms. The molecule has 0 aromatic heterocycles. The van der Waals surface area contributed by atoms with Crippen LogP contribution in [-0.4, -0.2) is 77.6 Å². The molecule has 0 saturated carbocycles. The van der Waals surface area contributed by atoms with Gasteiger partial charge in [-0.1, -0.05) is 6.07 Å². The molecule has 1 saturated heterocycles. The summed E-state index contributed by atoms with van der Waals surface area (Å²) in [5.74, 6) is -3.54. The number of amides is 1. The van der Waals surface area contributed by atoms with Crippen LogP contribution in [0.2, 0.25) is 0 Å². The second-order valence-electron chi connectivity index (χ2n) is 6.35. The maximum atomic E-state index is 12.0. The Labute approximate surface area is 153 Å². The number of anilines is 1. The number of aliphatic carboxylic acids is 2. The zero-order chi connectivity index (χ0) is 19.7. The van der Waals surface area contributed by atoms with Crippen molar-refractivity contribution in [3.05, 3.63) is 29.3 Å². The number of benzene rings is 1. The number of carboxylic acid groups (broad SMARTS) is 2. The van der Waals surface area contributed by atoms with E-state index in [1.807, 2.05) is 18.2 Å². The van der Waals surface area contributed by atoms with Gasteiger partial charge >= 0.3 is 11.9 Å². The lowest BCUT2D eigenvalue weighted by Gasteiger charge is -2.32. The third kappa shape index (κ3) is 8.09. The fourth-order valence-corrected chi connectivity index (χ4v) is 2.37. The zero-order valence-electron chi connectivity index (χ0n) is 15.5. The summed E-state index contributed by atoms with van der Waals surface area (Å²) >= 11 is 0. The number of rotatable bonds is 4. The molecule has 3 N–H and O–H groups in total. The fourth-order valence-electron chi connectivity index (χ4n) is 2.37. The molecule has 1 fully saturated rings. The monoisotopic (exact) mass is 365 g/mol. The molecule has 1 aliphatic rings. The summed E-state index contributed by atoms with van der Waals surface area (Å²) in [6.45, 7) is 9.31. The van der Waals surface area contributed by atoms with Crippen LogP contribution in [0.1, 0.15) is 17.5 Å². The van der Waals surface area contributed by atoms with Gasteiger partial charge < -0.3 is 25.3 Å². The second-order valence-corrected chi connectivity index (χ2v) is 6.35. The maximum absolute atomic E-state index is 12.0. The molecule has 1 heterocycles. The molecule has 1 aromatic carbocycles. The first-order chi connectivity index (χ1) is 12.2. The number of hydrogen-bond acceptors (Lipinski definition) is 5. The van der Waals surface area contributed by atoms with Crippen molar-refractivity contribution in [2.24, 2.45) is 0 Å². The van der Waals surface area contributed by atoms with Gasteiger partial charge in [0.25, 0.3) is 0 Å². The smallest absolute Gasteiger partial charge is 0.414 e. The molecular weight excluding hydrogens is 338 g/mol. The van der Waals surface area contributed by atoms with Crippen molar-refractivity contribution >= 4 is 23.5 Å². The van der Waals surface area contributed by atoms with E-state index in [2.05, 4.69) is 36.0 Å². The molecule has 0 aliphatic carbocycles. The van der Waals surface area contributed by atoms with Crippen LogP contribution in [0.3, 0.4) is 0 Å². The summed E-state index contributed by atoms with van der Waals surface area (Å²) in [4.78, 5) is 34.9. The van der Waals surface area contributed by atoms with Gasteiger partial charge in [-0.2, -0.15) is 0 Å². The maximum Gasteiger partial charge on any atom is 0.414 e. The highest BCUT2D eigenvalue weighted by Crippen LogP contribution is 2.14. The van der Waals surface area contributed by atoms with Crippen LogP contribution in [0.5, 0.6) is 0 Å². The molecule has 0 bridgehead atoms. The lowest BCUT2D eigenvalue weighted by molar-refractivity contribution is -0.159. The topological polar surface area (TPSA) is 110 Å². The minimum Gasteiger partial charge on any atom is -0.473 e. The van der Waals surface area contributed by atoms with Crippen molar-refractivity contribution in [3.63, 3.8) is 0 Å². The molecule has 144 valence electrons. The highest BCUT2D eigenvalue weighted by molar-refractivity contribution is 6.27. The Hall–Kier alpha value is -2.45. The van der Waals surface area contributed by atoms with E-state index in [9.17, 15) is 4.79 Å². The molecule has 0 spiro atoms. The molecule has 2 rings (SSSR count). The summed E-state index contributed by atoms with van der Waals surface area (Å²) < 4.78 is 0. The van der Waals surface area contributed by atoms with Gasteiger partial charge in [0.05, 0.1) is 0 Å². The van der Waals surface area contributed by atoms with E-state index in [1.54, 1.807) is 0 Å². The van der Waals surface area contributed by atoms with Crippen LogP contribution in [0.25, 0.3) is 0 Å². The van der Waals surface area contributed by atoms with Crippen molar-refractivity contribution in [2.45, 2.75) is 20.3 Å². The first kappa shape index (κ1) is 21.6.